The second kappa shape index (κ2) is 9.65. The molecule has 1 fully saturated rings. The Hall–Kier alpha value is -2.00. The minimum absolute atomic E-state index is 0.0690. The van der Waals surface area contributed by atoms with Crippen LogP contribution in [0.5, 0.6) is 11.5 Å². The molecule has 0 heterocycles. The molecule has 0 aromatic heterocycles. The number of fused-ring (bicyclic) bond motifs is 1. The molecule has 0 bridgehead atoms. The summed E-state index contributed by atoms with van der Waals surface area (Å²) in [6.07, 6.45) is 12.1. The van der Waals surface area contributed by atoms with E-state index in [1.54, 1.807) is 25.3 Å². The van der Waals surface area contributed by atoms with Crippen molar-refractivity contribution in [3.8, 4) is 11.5 Å². The maximum absolute atomic E-state index is 6.55. The van der Waals surface area contributed by atoms with E-state index in [2.05, 4.69) is 37.3 Å². The Balaban J connectivity index is 1.30. The number of hydrogen-bond donors (Lipinski definition) is 1. The average Bonchev–Trinajstić information content (AvgIpc) is 3.21. The molecule has 4 rings (SSSR count). The van der Waals surface area contributed by atoms with Gasteiger partial charge in [-0.1, -0.05) is 31.2 Å². The summed E-state index contributed by atoms with van der Waals surface area (Å²) >= 11 is 0. The summed E-state index contributed by atoms with van der Waals surface area (Å²) in [5, 5.41) is 0. The molecular weight excluding hydrogens is 382 g/mol. The molecular formula is C28H39NO2. The minimum Gasteiger partial charge on any atom is -0.493 e. The van der Waals surface area contributed by atoms with Crippen LogP contribution in [0.25, 0.3) is 0 Å². The summed E-state index contributed by atoms with van der Waals surface area (Å²) in [5.41, 5.74) is 12.7. The second-order valence-corrected chi connectivity index (χ2v) is 9.87. The molecule has 1 saturated carbocycles. The average molecular weight is 422 g/mol. The van der Waals surface area contributed by atoms with Crippen molar-refractivity contribution in [3.05, 3.63) is 58.7 Å². The van der Waals surface area contributed by atoms with Crippen LogP contribution in [-0.4, -0.2) is 19.8 Å². The van der Waals surface area contributed by atoms with Crippen LogP contribution in [0.2, 0.25) is 0 Å². The summed E-state index contributed by atoms with van der Waals surface area (Å²) in [6.45, 7) is 2.24. The molecule has 31 heavy (non-hydrogen) atoms. The van der Waals surface area contributed by atoms with E-state index in [4.69, 9.17) is 15.2 Å². The lowest BCUT2D eigenvalue weighted by atomic mass is 9.79. The molecule has 2 N–H and O–H groups in total. The van der Waals surface area contributed by atoms with Gasteiger partial charge in [0.15, 0.2) is 11.5 Å². The molecule has 0 aliphatic heterocycles. The maximum Gasteiger partial charge on any atom is 0.160 e. The fourth-order valence-electron chi connectivity index (χ4n) is 5.74. The van der Waals surface area contributed by atoms with Crippen molar-refractivity contribution in [2.75, 3.05) is 14.2 Å². The molecule has 168 valence electrons. The van der Waals surface area contributed by atoms with Crippen molar-refractivity contribution >= 4 is 0 Å². The zero-order valence-electron chi connectivity index (χ0n) is 19.6. The highest BCUT2D eigenvalue weighted by molar-refractivity contribution is 5.43. The van der Waals surface area contributed by atoms with Crippen molar-refractivity contribution in [1.29, 1.82) is 0 Å². The number of nitrogens with two attached hydrogens (primary N) is 1. The van der Waals surface area contributed by atoms with E-state index in [0.717, 1.165) is 36.7 Å². The lowest BCUT2D eigenvalue weighted by Crippen LogP contribution is -2.35. The molecule has 3 heteroatoms. The number of hydrogen-bond acceptors (Lipinski definition) is 3. The van der Waals surface area contributed by atoms with Gasteiger partial charge < -0.3 is 15.2 Å². The monoisotopic (exact) mass is 421 g/mol. The number of ether oxygens (including phenoxy) is 2. The van der Waals surface area contributed by atoms with Crippen LogP contribution in [0.15, 0.2) is 36.4 Å². The standard InChI is InChI=1S/C28H39NO2/c1-4-28(29)15-14-25(19-28)24-12-11-22-16-20(8-10-23(22)18-24)6-5-7-21-9-13-26(30-2)27(17-21)31-3/h9,11-13,17-18,20,25H,4-8,10,14-16,19,29H2,1-3H3/t20-,25+,28-/m1/s1. The third-order valence-electron chi connectivity index (χ3n) is 7.91. The summed E-state index contributed by atoms with van der Waals surface area (Å²) in [6, 6.07) is 13.6. The Labute approximate surface area is 188 Å². The van der Waals surface area contributed by atoms with Gasteiger partial charge in [0.2, 0.25) is 0 Å². The van der Waals surface area contributed by atoms with Crippen LogP contribution in [-0.2, 0) is 19.3 Å². The highest BCUT2D eigenvalue weighted by atomic mass is 16.5. The van der Waals surface area contributed by atoms with E-state index in [1.165, 1.54) is 56.1 Å². The van der Waals surface area contributed by atoms with Gasteiger partial charge in [-0.25, -0.2) is 0 Å². The molecule has 2 aliphatic rings. The fourth-order valence-corrected chi connectivity index (χ4v) is 5.74. The summed E-state index contributed by atoms with van der Waals surface area (Å²) < 4.78 is 10.8. The fraction of sp³-hybridized carbons (Fsp3) is 0.571. The van der Waals surface area contributed by atoms with E-state index in [0.29, 0.717) is 5.92 Å². The normalized spacial score (nSPS) is 25.3. The van der Waals surface area contributed by atoms with E-state index in [9.17, 15) is 0 Å². The molecule has 0 saturated heterocycles. The van der Waals surface area contributed by atoms with Crippen molar-refractivity contribution < 1.29 is 9.47 Å². The zero-order valence-corrected chi connectivity index (χ0v) is 19.6. The Morgan fingerprint density at radius 2 is 1.84 bits per heavy atom. The van der Waals surface area contributed by atoms with Crippen molar-refractivity contribution in [2.45, 2.75) is 82.6 Å². The Bertz CT molecular complexity index is 893. The number of methoxy groups -OCH3 is 2. The van der Waals surface area contributed by atoms with Crippen LogP contribution in [0.3, 0.4) is 0 Å². The lowest BCUT2D eigenvalue weighted by Gasteiger charge is -2.26. The van der Waals surface area contributed by atoms with Crippen LogP contribution < -0.4 is 15.2 Å². The summed E-state index contributed by atoms with van der Waals surface area (Å²) in [4.78, 5) is 0. The highest BCUT2D eigenvalue weighted by Gasteiger charge is 2.35. The van der Waals surface area contributed by atoms with Crippen LogP contribution in [0.1, 0.15) is 80.0 Å². The molecule has 2 aromatic rings. The van der Waals surface area contributed by atoms with Gasteiger partial charge in [0.25, 0.3) is 0 Å². The topological polar surface area (TPSA) is 44.5 Å². The smallest absolute Gasteiger partial charge is 0.160 e. The van der Waals surface area contributed by atoms with Crippen molar-refractivity contribution in [1.82, 2.24) is 0 Å². The number of rotatable bonds is 8. The Morgan fingerprint density at radius 1 is 1.00 bits per heavy atom. The molecule has 0 radical (unpaired) electrons. The van der Waals surface area contributed by atoms with E-state index in [-0.39, 0.29) is 5.54 Å². The molecule has 2 aliphatic carbocycles. The minimum atomic E-state index is 0.0690. The van der Waals surface area contributed by atoms with E-state index in [1.807, 2.05) is 6.07 Å². The van der Waals surface area contributed by atoms with Gasteiger partial charge in [-0.3, -0.25) is 0 Å². The largest absolute Gasteiger partial charge is 0.493 e. The molecule has 0 unspecified atom stereocenters. The molecule has 3 atom stereocenters. The third kappa shape index (κ3) is 5.09. The first-order chi connectivity index (χ1) is 15.0. The second-order valence-electron chi connectivity index (χ2n) is 9.87. The van der Waals surface area contributed by atoms with Gasteiger partial charge in [-0.15, -0.1) is 0 Å². The van der Waals surface area contributed by atoms with Gasteiger partial charge in [0, 0.05) is 5.54 Å². The third-order valence-corrected chi connectivity index (χ3v) is 7.91. The first kappa shape index (κ1) is 22.2. The summed E-state index contributed by atoms with van der Waals surface area (Å²) in [7, 11) is 3.39. The first-order valence-corrected chi connectivity index (χ1v) is 12.1. The van der Waals surface area contributed by atoms with Gasteiger partial charge in [0.05, 0.1) is 14.2 Å². The maximum atomic E-state index is 6.55. The quantitative estimate of drug-likeness (QED) is 0.551. The molecule has 2 aromatic carbocycles. The lowest BCUT2D eigenvalue weighted by molar-refractivity contribution is 0.354. The van der Waals surface area contributed by atoms with Crippen LogP contribution in [0.4, 0.5) is 0 Å². The van der Waals surface area contributed by atoms with E-state index < -0.39 is 0 Å². The van der Waals surface area contributed by atoms with Gasteiger partial charge in [-0.2, -0.15) is 0 Å². The molecule has 0 spiro atoms. The Morgan fingerprint density at radius 3 is 2.58 bits per heavy atom. The predicted molar refractivity (Wildman–Crippen MR) is 128 cm³/mol. The van der Waals surface area contributed by atoms with E-state index >= 15 is 0 Å². The molecule has 0 amide bonds. The van der Waals surface area contributed by atoms with Crippen LogP contribution in [0, 0.1) is 5.92 Å². The number of aryl methyl sites for hydroxylation is 2. The molecule has 3 nitrogen and oxygen atoms in total. The van der Waals surface area contributed by atoms with Crippen LogP contribution >= 0.6 is 0 Å². The van der Waals surface area contributed by atoms with Gasteiger partial charge in [-0.05, 0) is 110 Å². The van der Waals surface area contributed by atoms with Crippen molar-refractivity contribution in [2.24, 2.45) is 11.7 Å². The van der Waals surface area contributed by atoms with Crippen molar-refractivity contribution in [3.63, 3.8) is 0 Å². The first-order valence-electron chi connectivity index (χ1n) is 12.1. The van der Waals surface area contributed by atoms with Gasteiger partial charge in [0.1, 0.15) is 0 Å². The highest BCUT2D eigenvalue weighted by Crippen LogP contribution is 2.42. The SMILES string of the molecule is CC[C@@]1(N)CC[C@H](c2ccc3c(c2)CC[C@@H](CCCc2ccc(OC)c(OC)c2)C3)C1. The Kier molecular flexibility index (Phi) is 6.91. The zero-order chi connectivity index (χ0) is 21.8. The summed E-state index contributed by atoms with van der Waals surface area (Å²) in [5.74, 6) is 3.10. The predicted octanol–water partition coefficient (Wildman–Crippen LogP) is 6.21. The van der Waals surface area contributed by atoms with Gasteiger partial charge >= 0.3 is 0 Å². The number of benzene rings is 2.